The minimum atomic E-state index is -2.47. The number of hydrogen-bond acceptors (Lipinski definition) is 5. The molecular weight excluding hydrogens is 192 g/mol. The van der Waals surface area contributed by atoms with Crippen LogP contribution in [-0.2, 0) is 14.3 Å². The minimum absolute atomic E-state index is 0.859. The second-order valence-electron chi connectivity index (χ2n) is 2.76. The van der Waals surface area contributed by atoms with Crippen LogP contribution in [0.1, 0.15) is 13.8 Å². The molecule has 2 atom stereocenters. The van der Waals surface area contributed by atoms with Crippen LogP contribution in [0.25, 0.3) is 0 Å². The van der Waals surface area contributed by atoms with Gasteiger partial charge in [0.15, 0.2) is 11.7 Å². The Morgan fingerprint density at radius 2 is 2.00 bits per heavy atom. The van der Waals surface area contributed by atoms with Crippen LogP contribution in [0.3, 0.4) is 0 Å². The number of hydrogen-bond donors (Lipinski definition) is 3. The summed E-state index contributed by atoms with van der Waals surface area (Å²) in [6.07, 6.45) is 0.132. The van der Waals surface area contributed by atoms with E-state index in [1.807, 2.05) is 0 Å². The zero-order valence-electron chi connectivity index (χ0n) is 7.80. The van der Waals surface area contributed by atoms with E-state index in [1.54, 1.807) is 6.92 Å². The third kappa shape index (κ3) is 2.82. The van der Waals surface area contributed by atoms with Gasteiger partial charge in [0.05, 0.1) is 6.26 Å². The normalized spacial score (nSPS) is 17.4. The Kier molecular flexibility index (Phi) is 4.26. The number of carbonyl (C=O) groups is 2. The van der Waals surface area contributed by atoms with Crippen LogP contribution < -0.4 is 0 Å². The molecular formula is C8H12O6. The maximum atomic E-state index is 11.0. The van der Waals surface area contributed by atoms with Crippen LogP contribution in [0.15, 0.2) is 12.3 Å². The molecule has 0 amide bonds. The zero-order chi connectivity index (χ0) is 11.4. The van der Waals surface area contributed by atoms with Gasteiger partial charge in [-0.25, -0.2) is 9.59 Å². The Hall–Kier alpha value is -1.40. The maximum Gasteiger partial charge on any atom is 0.346 e. The summed E-state index contributed by atoms with van der Waals surface area (Å²) in [5.41, 5.74) is -2.47. The molecule has 0 fully saturated rings. The molecule has 6 nitrogen and oxygen atoms in total. The lowest BCUT2D eigenvalue weighted by Gasteiger charge is -2.22. The molecule has 14 heavy (non-hydrogen) atoms. The van der Waals surface area contributed by atoms with Gasteiger partial charge in [0.25, 0.3) is 0 Å². The second-order valence-corrected chi connectivity index (χ2v) is 2.76. The molecule has 0 radical (unpaired) electrons. The molecule has 0 aliphatic rings. The first kappa shape index (κ1) is 12.6. The number of carboxylic acid groups (broad SMARTS) is 1. The predicted octanol–water partition coefficient (Wildman–Crippen LogP) is -0.740. The maximum absolute atomic E-state index is 11.0. The van der Waals surface area contributed by atoms with Crippen molar-refractivity contribution in [3.63, 3.8) is 0 Å². The van der Waals surface area contributed by atoms with E-state index in [0.717, 1.165) is 13.2 Å². The van der Waals surface area contributed by atoms with E-state index in [1.165, 1.54) is 6.08 Å². The van der Waals surface area contributed by atoms with Crippen LogP contribution in [0, 0.1) is 0 Å². The molecule has 6 heteroatoms. The van der Waals surface area contributed by atoms with Gasteiger partial charge in [-0.3, -0.25) is 0 Å². The van der Waals surface area contributed by atoms with Crippen molar-refractivity contribution in [2.45, 2.75) is 25.6 Å². The van der Waals surface area contributed by atoms with Gasteiger partial charge in [-0.05, 0) is 13.8 Å². The van der Waals surface area contributed by atoms with Gasteiger partial charge in [-0.15, -0.1) is 0 Å². The van der Waals surface area contributed by atoms with Gasteiger partial charge >= 0.3 is 11.9 Å². The lowest BCUT2D eigenvalue weighted by molar-refractivity contribution is -0.180. The van der Waals surface area contributed by atoms with E-state index < -0.39 is 23.6 Å². The molecule has 0 aromatic carbocycles. The molecule has 0 aliphatic heterocycles. The lowest BCUT2D eigenvalue weighted by Crippen LogP contribution is -2.51. The number of aliphatic hydroxyl groups is 2. The molecule has 0 aliphatic carbocycles. The smallest absolute Gasteiger partial charge is 0.346 e. The van der Waals surface area contributed by atoms with E-state index in [0.29, 0.717) is 0 Å². The SMILES string of the molecule is CC=COC(=O)C(C)(O)C(O)C(=O)O. The first-order valence-electron chi connectivity index (χ1n) is 3.79. The summed E-state index contributed by atoms with van der Waals surface area (Å²) in [6, 6.07) is 0. The summed E-state index contributed by atoms with van der Waals surface area (Å²) < 4.78 is 4.33. The molecule has 0 bridgehead atoms. The molecule has 0 aromatic rings. The summed E-state index contributed by atoms with van der Waals surface area (Å²) in [4.78, 5) is 21.3. The molecule has 0 heterocycles. The standard InChI is InChI=1S/C8H12O6/c1-3-4-14-7(12)8(2,13)5(9)6(10)11/h3-5,9,13H,1-2H3,(H,10,11). The number of aliphatic carboxylic acids is 1. The monoisotopic (exact) mass is 204 g/mol. The zero-order valence-corrected chi connectivity index (χ0v) is 7.80. The van der Waals surface area contributed by atoms with Gasteiger partial charge in [0.1, 0.15) is 0 Å². The van der Waals surface area contributed by atoms with E-state index in [-0.39, 0.29) is 0 Å². The van der Waals surface area contributed by atoms with Crippen LogP contribution in [-0.4, -0.2) is 39.0 Å². The highest BCUT2D eigenvalue weighted by Crippen LogP contribution is 2.12. The van der Waals surface area contributed by atoms with E-state index >= 15 is 0 Å². The average Bonchev–Trinajstić information content (AvgIpc) is 2.12. The Morgan fingerprint density at radius 1 is 1.50 bits per heavy atom. The van der Waals surface area contributed by atoms with Crippen molar-refractivity contribution in [2.24, 2.45) is 0 Å². The van der Waals surface area contributed by atoms with Gasteiger partial charge in [0.2, 0.25) is 0 Å². The van der Waals surface area contributed by atoms with Gasteiger partial charge < -0.3 is 20.1 Å². The van der Waals surface area contributed by atoms with E-state index in [4.69, 9.17) is 10.2 Å². The van der Waals surface area contributed by atoms with Crippen molar-refractivity contribution in [3.8, 4) is 0 Å². The fourth-order valence-electron chi connectivity index (χ4n) is 0.601. The number of allylic oxidation sites excluding steroid dienone is 1. The fourth-order valence-corrected chi connectivity index (χ4v) is 0.601. The molecule has 0 saturated carbocycles. The number of aliphatic hydroxyl groups excluding tert-OH is 1. The van der Waals surface area contributed by atoms with Crippen LogP contribution in [0.5, 0.6) is 0 Å². The van der Waals surface area contributed by atoms with Crippen molar-refractivity contribution < 1.29 is 29.6 Å². The van der Waals surface area contributed by atoms with Gasteiger partial charge in [-0.2, -0.15) is 0 Å². The molecule has 80 valence electrons. The highest BCUT2D eigenvalue weighted by Gasteiger charge is 2.44. The summed E-state index contributed by atoms with van der Waals surface area (Å²) in [7, 11) is 0. The van der Waals surface area contributed by atoms with Crippen LogP contribution >= 0.6 is 0 Å². The quantitative estimate of drug-likeness (QED) is 0.411. The highest BCUT2D eigenvalue weighted by molar-refractivity contribution is 5.88. The van der Waals surface area contributed by atoms with Crippen LogP contribution in [0.4, 0.5) is 0 Å². The Morgan fingerprint density at radius 3 is 2.36 bits per heavy atom. The topological polar surface area (TPSA) is 104 Å². The van der Waals surface area contributed by atoms with Crippen molar-refractivity contribution in [1.82, 2.24) is 0 Å². The van der Waals surface area contributed by atoms with Crippen LogP contribution in [0.2, 0.25) is 0 Å². The third-order valence-corrected chi connectivity index (χ3v) is 1.49. The molecule has 2 unspecified atom stereocenters. The number of carbonyl (C=O) groups excluding carboxylic acids is 1. The van der Waals surface area contributed by atoms with E-state index in [2.05, 4.69) is 4.74 Å². The Balaban J connectivity index is 4.59. The third-order valence-electron chi connectivity index (χ3n) is 1.49. The first-order valence-corrected chi connectivity index (χ1v) is 3.79. The average molecular weight is 204 g/mol. The Labute approximate surface area is 80.4 Å². The highest BCUT2D eigenvalue weighted by atomic mass is 16.5. The van der Waals surface area contributed by atoms with Crippen molar-refractivity contribution in [3.05, 3.63) is 12.3 Å². The summed E-state index contributed by atoms with van der Waals surface area (Å²) >= 11 is 0. The molecule has 0 saturated heterocycles. The summed E-state index contributed by atoms with van der Waals surface area (Å²) in [6.45, 7) is 2.42. The van der Waals surface area contributed by atoms with Gasteiger partial charge in [-0.1, -0.05) is 6.08 Å². The van der Waals surface area contributed by atoms with Crippen molar-refractivity contribution in [1.29, 1.82) is 0 Å². The van der Waals surface area contributed by atoms with E-state index in [9.17, 15) is 14.7 Å². The number of carboxylic acids is 1. The van der Waals surface area contributed by atoms with Crippen molar-refractivity contribution in [2.75, 3.05) is 0 Å². The number of esters is 1. The molecule has 0 rings (SSSR count). The second kappa shape index (κ2) is 4.73. The number of rotatable bonds is 4. The fraction of sp³-hybridized carbons (Fsp3) is 0.500. The first-order chi connectivity index (χ1) is 6.34. The lowest BCUT2D eigenvalue weighted by atomic mass is 10.00. The molecule has 0 aromatic heterocycles. The number of ether oxygens (including phenoxy) is 1. The largest absolute Gasteiger partial charge is 0.479 e. The molecule has 3 N–H and O–H groups in total. The predicted molar refractivity (Wildman–Crippen MR) is 45.2 cm³/mol. The van der Waals surface area contributed by atoms with Crippen molar-refractivity contribution >= 4 is 11.9 Å². The minimum Gasteiger partial charge on any atom is -0.479 e. The Bertz CT molecular complexity index is 255. The van der Waals surface area contributed by atoms with Gasteiger partial charge in [0, 0.05) is 0 Å². The summed E-state index contributed by atoms with van der Waals surface area (Å²) in [5, 5.41) is 26.6. The molecule has 0 spiro atoms. The summed E-state index contributed by atoms with van der Waals surface area (Å²) in [5.74, 6) is -2.93.